The Labute approximate surface area is 157 Å². The van der Waals surface area contributed by atoms with Gasteiger partial charge in [0.2, 0.25) is 0 Å². The molecule has 1 heterocycles. The van der Waals surface area contributed by atoms with Crippen LogP contribution in [0.25, 0.3) is 0 Å². The zero-order valence-electron chi connectivity index (χ0n) is 14.8. The highest BCUT2D eigenvalue weighted by molar-refractivity contribution is 6.30. The second-order valence-electron chi connectivity index (χ2n) is 6.50. The number of nitrogens with zero attached hydrogens (tertiary/aromatic N) is 1. The number of anilines is 1. The van der Waals surface area contributed by atoms with Gasteiger partial charge in [0.05, 0.1) is 12.6 Å². The molecule has 1 aliphatic heterocycles. The molecule has 1 atom stereocenters. The summed E-state index contributed by atoms with van der Waals surface area (Å²) in [7, 11) is 0. The van der Waals surface area contributed by atoms with Crippen LogP contribution in [0.15, 0.2) is 42.5 Å². The lowest BCUT2D eigenvalue weighted by Gasteiger charge is -2.33. The van der Waals surface area contributed by atoms with Gasteiger partial charge in [-0.05, 0) is 55.3 Å². The Morgan fingerprint density at radius 2 is 1.96 bits per heavy atom. The quantitative estimate of drug-likeness (QED) is 0.897. The first-order valence-electron chi connectivity index (χ1n) is 8.46. The summed E-state index contributed by atoms with van der Waals surface area (Å²) < 4.78 is 5.58. The lowest BCUT2D eigenvalue weighted by Crippen LogP contribution is -2.50. The van der Waals surface area contributed by atoms with Crippen molar-refractivity contribution in [3.63, 3.8) is 0 Å². The average molecular weight is 373 g/mol. The van der Waals surface area contributed by atoms with Crippen LogP contribution in [0.1, 0.15) is 21.5 Å². The number of hydrogen-bond acceptors (Lipinski definition) is 3. The standard InChI is InChI=1S/C20H21ClN2O3/c1-13-6-14(2)8-17(7-13)23-11-18(26-12-19(23)24)10-22-20(25)15-4-3-5-16(21)9-15/h3-9,18H,10-12H2,1-2H3,(H,22,25). The Morgan fingerprint density at radius 3 is 2.65 bits per heavy atom. The number of benzene rings is 2. The number of rotatable bonds is 4. The van der Waals surface area contributed by atoms with E-state index in [9.17, 15) is 9.59 Å². The summed E-state index contributed by atoms with van der Waals surface area (Å²) in [5, 5.41) is 3.36. The molecule has 2 amide bonds. The molecule has 0 bridgehead atoms. The minimum atomic E-state index is -0.267. The van der Waals surface area contributed by atoms with Crippen LogP contribution in [0.2, 0.25) is 5.02 Å². The van der Waals surface area contributed by atoms with E-state index in [2.05, 4.69) is 11.4 Å². The van der Waals surface area contributed by atoms with Gasteiger partial charge in [-0.1, -0.05) is 23.7 Å². The van der Waals surface area contributed by atoms with Gasteiger partial charge in [0.1, 0.15) is 6.61 Å². The van der Waals surface area contributed by atoms with E-state index in [-0.39, 0.29) is 24.5 Å². The molecule has 0 aliphatic carbocycles. The first-order valence-corrected chi connectivity index (χ1v) is 8.84. The first kappa shape index (κ1) is 18.4. The highest BCUT2D eigenvalue weighted by Gasteiger charge is 2.28. The van der Waals surface area contributed by atoms with Crippen LogP contribution >= 0.6 is 11.6 Å². The maximum atomic E-state index is 12.3. The predicted octanol–water partition coefficient (Wildman–Crippen LogP) is 3.12. The maximum absolute atomic E-state index is 12.3. The number of halogens is 1. The molecule has 3 rings (SSSR count). The molecule has 2 aromatic carbocycles. The number of hydrogen-bond donors (Lipinski definition) is 1. The summed E-state index contributed by atoms with van der Waals surface area (Å²) in [6.07, 6.45) is -0.267. The zero-order valence-corrected chi connectivity index (χ0v) is 15.5. The number of carbonyl (C=O) groups excluding carboxylic acids is 2. The number of morpholine rings is 1. The van der Waals surface area contributed by atoms with Crippen molar-refractivity contribution >= 4 is 29.1 Å². The molecule has 1 fully saturated rings. The third kappa shape index (κ3) is 4.42. The Balaban J connectivity index is 1.64. The summed E-state index contributed by atoms with van der Waals surface area (Å²) in [5.74, 6) is -0.293. The summed E-state index contributed by atoms with van der Waals surface area (Å²) in [4.78, 5) is 26.2. The number of aryl methyl sites for hydroxylation is 2. The first-order chi connectivity index (χ1) is 12.4. The van der Waals surface area contributed by atoms with E-state index in [1.807, 2.05) is 26.0 Å². The second-order valence-corrected chi connectivity index (χ2v) is 6.94. The van der Waals surface area contributed by atoms with Crippen LogP contribution in [-0.4, -0.2) is 37.6 Å². The van der Waals surface area contributed by atoms with Gasteiger partial charge in [0.15, 0.2) is 0 Å². The fraction of sp³-hybridized carbons (Fsp3) is 0.300. The topological polar surface area (TPSA) is 58.6 Å². The third-order valence-corrected chi connectivity index (χ3v) is 4.46. The minimum absolute atomic E-state index is 0.00465. The molecule has 1 unspecified atom stereocenters. The van der Waals surface area contributed by atoms with Crippen molar-refractivity contribution in [3.8, 4) is 0 Å². The van der Waals surface area contributed by atoms with Crippen molar-refractivity contribution < 1.29 is 14.3 Å². The zero-order chi connectivity index (χ0) is 18.7. The van der Waals surface area contributed by atoms with Gasteiger partial charge in [0.25, 0.3) is 11.8 Å². The fourth-order valence-corrected chi connectivity index (χ4v) is 3.23. The van der Waals surface area contributed by atoms with Gasteiger partial charge in [-0.15, -0.1) is 0 Å². The summed E-state index contributed by atoms with van der Waals surface area (Å²) >= 11 is 5.92. The molecule has 0 spiro atoms. The Bertz CT molecular complexity index is 817. The van der Waals surface area contributed by atoms with Gasteiger partial charge >= 0.3 is 0 Å². The van der Waals surface area contributed by atoms with Crippen molar-refractivity contribution in [2.45, 2.75) is 20.0 Å². The Hall–Kier alpha value is -2.37. The lowest BCUT2D eigenvalue weighted by atomic mass is 10.1. The fourth-order valence-electron chi connectivity index (χ4n) is 3.04. The molecule has 136 valence electrons. The Kier molecular flexibility index (Phi) is 5.59. The molecule has 1 aliphatic rings. The normalized spacial score (nSPS) is 17.3. The summed E-state index contributed by atoms with van der Waals surface area (Å²) in [5.41, 5.74) is 3.56. The number of nitrogens with one attached hydrogen (secondary N) is 1. The summed E-state index contributed by atoms with van der Waals surface area (Å²) in [6, 6.07) is 12.8. The number of ether oxygens (including phenoxy) is 1. The van der Waals surface area contributed by atoms with Crippen molar-refractivity contribution in [2.24, 2.45) is 0 Å². The minimum Gasteiger partial charge on any atom is -0.365 e. The maximum Gasteiger partial charge on any atom is 0.253 e. The second kappa shape index (κ2) is 7.89. The largest absolute Gasteiger partial charge is 0.365 e. The van der Waals surface area contributed by atoms with E-state index in [0.29, 0.717) is 23.7 Å². The molecule has 26 heavy (non-hydrogen) atoms. The lowest BCUT2D eigenvalue weighted by molar-refractivity contribution is -0.129. The van der Waals surface area contributed by atoms with Crippen LogP contribution < -0.4 is 10.2 Å². The van der Waals surface area contributed by atoms with E-state index < -0.39 is 0 Å². The highest BCUT2D eigenvalue weighted by Crippen LogP contribution is 2.22. The molecular formula is C20H21ClN2O3. The van der Waals surface area contributed by atoms with Gasteiger partial charge in [-0.2, -0.15) is 0 Å². The predicted molar refractivity (Wildman–Crippen MR) is 102 cm³/mol. The van der Waals surface area contributed by atoms with Crippen LogP contribution in [-0.2, 0) is 9.53 Å². The van der Waals surface area contributed by atoms with E-state index in [0.717, 1.165) is 16.8 Å². The molecule has 0 aromatic heterocycles. The van der Waals surface area contributed by atoms with Crippen molar-refractivity contribution in [1.29, 1.82) is 0 Å². The van der Waals surface area contributed by atoms with Crippen LogP contribution in [0.4, 0.5) is 5.69 Å². The monoisotopic (exact) mass is 372 g/mol. The van der Waals surface area contributed by atoms with Crippen molar-refractivity contribution in [3.05, 3.63) is 64.2 Å². The molecule has 1 N–H and O–H groups in total. The van der Waals surface area contributed by atoms with Crippen LogP contribution in [0.3, 0.4) is 0 Å². The molecule has 0 radical (unpaired) electrons. The molecule has 6 heteroatoms. The third-order valence-electron chi connectivity index (χ3n) is 4.22. The van der Waals surface area contributed by atoms with Crippen LogP contribution in [0, 0.1) is 13.8 Å². The molecule has 0 saturated carbocycles. The van der Waals surface area contributed by atoms with Gasteiger partial charge in [-0.3, -0.25) is 9.59 Å². The molecule has 2 aromatic rings. The van der Waals surface area contributed by atoms with E-state index >= 15 is 0 Å². The SMILES string of the molecule is Cc1cc(C)cc(N2CC(CNC(=O)c3cccc(Cl)c3)OCC2=O)c1. The Morgan fingerprint density at radius 1 is 1.23 bits per heavy atom. The number of amides is 2. The van der Waals surface area contributed by atoms with Gasteiger partial charge < -0.3 is 15.0 Å². The smallest absolute Gasteiger partial charge is 0.253 e. The molecular weight excluding hydrogens is 352 g/mol. The average Bonchev–Trinajstić information content (AvgIpc) is 2.60. The van der Waals surface area contributed by atoms with Crippen molar-refractivity contribution in [2.75, 3.05) is 24.6 Å². The number of carbonyl (C=O) groups is 2. The van der Waals surface area contributed by atoms with E-state index in [1.54, 1.807) is 29.2 Å². The van der Waals surface area contributed by atoms with Crippen LogP contribution in [0.5, 0.6) is 0 Å². The highest BCUT2D eigenvalue weighted by atomic mass is 35.5. The van der Waals surface area contributed by atoms with Gasteiger partial charge in [0, 0.05) is 22.8 Å². The molecule has 1 saturated heterocycles. The van der Waals surface area contributed by atoms with E-state index in [4.69, 9.17) is 16.3 Å². The van der Waals surface area contributed by atoms with Crippen molar-refractivity contribution in [1.82, 2.24) is 5.32 Å². The van der Waals surface area contributed by atoms with Gasteiger partial charge in [-0.25, -0.2) is 0 Å². The molecule has 5 nitrogen and oxygen atoms in total. The summed E-state index contributed by atoms with van der Waals surface area (Å²) in [6.45, 7) is 4.73. The van der Waals surface area contributed by atoms with E-state index in [1.165, 1.54) is 0 Å².